The molecule has 0 saturated heterocycles. The van der Waals surface area contributed by atoms with Crippen LogP contribution in [0.4, 0.5) is 0 Å². The number of carbonyl (C=O) groups excluding carboxylic acids is 2. The molecule has 1 rings (SSSR count). The van der Waals surface area contributed by atoms with Crippen LogP contribution in [0, 0.1) is 0 Å². The normalized spacial score (nSPS) is 16.1. The largest absolute Gasteiger partial charge is 0.295 e. The third-order valence-electron chi connectivity index (χ3n) is 1.98. The van der Waals surface area contributed by atoms with Gasteiger partial charge in [-0.05, 0) is 18.6 Å². The molecule has 0 atom stereocenters. The van der Waals surface area contributed by atoms with Crippen LogP contribution in [0.1, 0.15) is 26.2 Å². The van der Waals surface area contributed by atoms with Gasteiger partial charge >= 0.3 is 0 Å². The Morgan fingerprint density at radius 1 is 1.57 bits per heavy atom. The summed E-state index contributed by atoms with van der Waals surface area (Å²) < 4.78 is 0. The molecule has 0 aliphatic heterocycles. The molecule has 0 radical (unpaired) electrons. The van der Waals surface area contributed by atoms with Gasteiger partial charge in [-0.25, -0.2) is 0 Å². The van der Waals surface area contributed by atoms with Crippen LogP contribution in [0.15, 0.2) is 36.0 Å². The Labute approximate surface area is 84.0 Å². The van der Waals surface area contributed by atoms with Crippen molar-refractivity contribution in [1.29, 1.82) is 0 Å². The van der Waals surface area contributed by atoms with Crippen molar-refractivity contribution in [2.75, 3.05) is 0 Å². The molecular weight excluding hydrogens is 176 g/mol. The summed E-state index contributed by atoms with van der Waals surface area (Å²) in [6, 6.07) is 0. The van der Waals surface area contributed by atoms with Gasteiger partial charge in [-0.1, -0.05) is 25.2 Å². The number of hydrogen-bond acceptors (Lipinski definition) is 2. The van der Waals surface area contributed by atoms with E-state index < -0.39 is 0 Å². The van der Waals surface area contributed by atoms with E-state index in [0.29, 0.717) is 18.4 Å². The quantitative estimate of drug-likeness (QED) is 0.638. The van der Waals surface area contributed by atoms with Crippen molar-refractivity contribution in [2.24, 2.45) is 0 Å². The van der Waals surface area contributed by atoms with Crippen molar-refractivity contribution in [3.63, 3.8) is 0 Å². The molecule has 2 heteroatoms. The Bertz CT molecular complexity index is 319. The minimum atomic E-state index is 0.0769. The molecule has 0 heterocycles. The van der Waals surface area contributed by atoms with Crippen LogP contribution in [-0.2, 0) is 9.59 Å². The fraction of sp³-hybridized carbons (Fsp3) is 0.333. The predicted molar refractivity (Wildman–Crippen MR) is 55.9 cm³/mol. The van der Waals surface area contributed by atoms with Gasteiger partial charge < -0.3 is 0 Å². The third-order valence-corrected chi connectivity index (χ3v) is 1.98. The summed E-state index contributed by atoms with van der Waals surface area (Å²) in [5.41, 5.74) is 0.622. The molecule has 0 N–H and O–H groups in total. The summed E-state index contributed by atoms with van der Waals surface area (Å²) in [4.78, 5) is 22.4. The fourth-order valence-corrected chi connectivity index (χ4v) is 1.22. The second kappa shape index (κ2) is 5.32. The highest BCUT2D eigenvalue weighted by atomic mass is 16.1. The second-order valence-electron chi connectivity index (χ2n) is 3.23. The summed E-state index contributed by atoms with van der Waals surface area (Å²) in [7, 11) is 0. The van der Waals surface area contributed by atoms with E-state index in [1.807, 2.05) is 19.1 Å². The average molecular weight is 190 g/mol. The zero-order valence-electron chi connectivity index (χ0n) is 8.32. The lowest BCUT2D eigenvalue weighted by atomic mass is 10.0. The van der Waals surface area contributed by atoms with Crippen molar-refractivity contribution >= 4 is 11.6 Å². The smallest absolute Gasteiger partial charge is 0.166 e. The zero-order chi connectivity index (χ0) is 10.4. The van der Waals surface area contributed by atoms with Crippen molar-refractivity contribution in [3.8, 4) is 0 Å². The highest BCUT2D eigenvalue weighted by Crippen LogP contribution is 2.09. The van der Waals surface area contributed by atoms with E-state index in [2.05, 4.69) is 0 Å². The van der Waals surface area contributed by atoms with Gasteiger partial charge in [0.2, 0.25) is 0 Å². The molecule has 0 amide bonds. The second-order valence-corrected chi connectivity index (χ2v) is 3.23. The molecule has 0 aromatic rings. The SMILES string of the molecule is CCCC(=O)C=CC1=CC=CCC1=O. The maximum atomic E-state index is 11.3. The number of allylic oxidation sites excluding steroid dienone is 6. The zero-order valence-corrected chi connectivity index (χ0v) is 8.32. The van der Waals surface area contributed by atoms with E-state index in [1.165, 1.54) is 6.08 Å². The topological polar surface area (TPSA) is 34.1 Å². The van der Waals surface area contributed by atoms with Gasteiger partial charge in [0, 0.05) is 18.4 Å². The van der Waals surface area contributed by atoms with Crippen LogP contribution in [0.3, 0.4) is 0 Å². The molecule has 14 heavy (non-hydrogen) atoms. The number of carbonyl (C=O) groups is 2. The summed E-state index contributed by atoms with van der Waals surface area (Å²) in [6.07, 6.45) is 10.3. The standard InChI is InChI=1S/C12H14O2/c1-2-5-11(13)9-8-10-6-3-4-7-12(10)14/h3-4,6,8-9H,2,5,7H2,1H3. The van der Waals surface area contributed by atoms with E-state index in [-0.39, 0.29) is 11.6 Å². The van der Waals surface area contributed by atoms with Gasteiger partial charge in [0.15, 0.2) is 11.6 Å². The first-order valence-electron chi connectivity index (χ1n) is 4.85. The first kappa shape index (κ1) is 10.6. The van der Waals surface area contributed by atoms with E-state index in [9.17, 15) is 9.59 Å². The Morgan fingerprint density at radius 3 is 3.00 bits per heavy atom. The van der Waals surface area contributed by atoms with Crippen molar-refractivity contribution in [1.82, 2.24) is 0 Å². The highest BCUT2D eigenvalue weighted by Gasteiger charge is 2.06. The first-order valence-corrected chi connectivity index (χ1v) is 4.85. The molecule has 0 bridgehead atoms. The predicted octanol–water partition coefficient (Wildman–Crippen LogP) is 2.37. The molecule has 0 aromatic carbocycles. The lowest BCUT2D eigenvalue weighted by Crippen LogP contribution is -2.02. The Kier molecular flexibility index (Phi) is 4.05. The number of hydrogen-bond donors (Lipinski definition) is 0. The minimum Gasteiger partial charge on any atom is -0.295 e. The fourth-order valence-electron chi connectivity index (χ4n) is 1.22. The lowest BCUT2D eigenvalue weighted by Gasteiger charge is -2.01. The molecule has 0 spiro atoms. The van der Waals surface area contributed by atoms with Gasteiger partial charge in [-0.15, -0.1) is 0 Å². The van der Waals surface area contributed by atoms with Crippen LogP contribution in [-0.4, -0.2) is 11.6 Å². The molecule has 0 saturated carbocycles. The minimum absolute atomic E-state index is 0.0769. The van der Waals surface area contributed by atoms with Gasteiger partial charge in [0.25, 0.3) is 0 Å². The average Bonchev–Trinajstić information content (AvgIpc) is 2.17. The van der Waals surface area contributed by atoms with E-state index in [0.717, 1.165) is 6.42 Å². The molecule has 0 fully saturated rings. The van der Waals surface area contributed by atoms with E-state index >= 15 is 0 Å². The first-order chi connectivity index (χ1) is 6.74. The summed E-state index contributed by atoms with van der Waals surface area (Å²) in [5.74, 6) is 0.156. The summed E-state index contributed by atoms with van der Waals surface area (Å²) >= 11 is 0. The lowest BCUT2D eigenvalue weighted by molar-refractivity contribution is -0.115. The molecule has 1 aliphatic rings. The van der Waals surface area contributed by atoms with Gasteiger partial charge in [0.1, 0.15) is 0 Å². The van der Waals surface area contributed by atoms with Gasteiger partial charge in [-0.2, -0.15) is 0 Å². The van der Waals surface area contributed by atoms with Crippen LogP contribution in [0.25, 0.3) is 0 Å². The van der Waals surface area contributed by atoms with Crippen LogP contribution < -0.4 is 0 Å². The van der Waals surface area contributed by atoms with Crippen molar-refractivity contribution in [3.05, 3.63) is 36.0 Å². The molecule has 0 aromatic heterocycles. The molecular formula is C12H14O2. The number of Topliss-reactive ketones (excluding diaryl/α,β-unsaturated/α-hetero) is 1. The maximum Gasteiger partial charge on any atom is 0.166 e. The highest BCUT2D eigenvalue weighted by molar-refractivity contribution is 6.02. The van der Waals surface area contributed by atoms with Crippen LogP contribution in [0.5, 0.6) is 0 Å². The van der Waals surface area contributed by atoms with E-state index in [1.54, 1.807) is 12.2 Å². The summed E-state index contributed by atoms with van der Waals surface area (Å²) in [5, 5.41) is 0. The maximum absolute atomic E-state index is 11.3. The monoisotopic (exact) mass is 190 g/mol. The Balaban J connectivity index is 2.58. The molecule has 0 unspecified atom stereocenters. The van der Waals surface area contributed by atoms with Crippen molar-refractivity contribution < 1.29 is 9.59 Å². The Hall–Kier alpha value is -1.44. The van der Waals surface area contributed by atoms with E-state index in [4.69, 9.17) is 0 Å². The molecule has 1 aliphatic carbocycles. The van der Waals surface area contributed by atoms with Gasteiger partial charge in [-0.3, -0.25) is 9.59 Å². The van der Waals surface area contributed by atoms with Crippen LogP contribution in [0.2, 0.25) is 0 Å². The Morgan fingerprint density at radius 2 is 2.36 bits per heavy atom. The molecule has 2 nitrogen and oxygen atoms in total. The number of ketones is 2. The van der Waals surface area contributed by atoms with Crippen molar-refractivity contribution in [2.45, 2.75) is 26.2 Å². The van der Waals surface area contributed by atoms with Crippen LogP contribution >= 0.6 is 0 Å². The summed E-state index contributed by atoms with van der Waals surface area (Å²) in [6.45, 7) is 1.96. The number of rotatable bonds is 4. The molecule has 74 valence electrons. The van der Waals surface area contributed by atoms with Gasteiger partial charge in [0.05, 0.1) is 0 Å². The third kappa shape index (κ3) is 3.13.